The van der Waals surface area contributed by atoms with Gasteiger partial charge in [0.1, 0.15) is 0 Å². The molecule has 4 rings (SSSR count). The van der Waals surface area contributed by atoms with Gasteiger partial charge in [0.2, 0.25) is 5.91 Å². The molecule has 0 unspecified atom stereocenters. The molecule has 0 radical (unpaired) electrons. The van der Waals surface area contributed by atoms with Crippen LogP contribution in [0.15, 0.2) is 51.7 Å². The van der Waals surface area contributed by atoms with Crippen LogP contribution in [0.3, 0.4) is 0 Å². The Balaban J connectivity index is 1.31. The number of nitrogens with two attached hydrogens (primary N) is 1. The molecule has 1 aliphatic rings. The number of carbonyl (C=O) groups is 2. The molecule has 31 heavy (non-hydrogen) atoms. The molecule has 2 N–H and O–H groups in total. The summed E-state index contributed by atoms with van der Waals surface area (Å²) in [6, 6.07) is 11.8. The first-order valence-corrected chi connectivity index (χ1v) is 10.7. The summed E-state index contributed by atoms with van der Waals surface area (Å²) in [5.41, 5.74) is 7.32. The van der Waals surface area contributed by atoms with Gasteiger partial charge in [0.25, 0.3) is 0 Å². The number of oxazole rings is 1. The highest BCUT2D eigenvalue weighted by molar-refractivity contribution is 6.30. The average Bonchev–Trinajstić information content (AvgIpc) is 3.07. The molecule has 2 aromatic carbocycles. The van der Waals surface area contributed by atoms with Gasteiger partial charge in [-0.1, -0.05) is 11.6 Å². The van der Waals surface area contributed by atoms with Crippen LogP contribution in [0, 0.1) is 5.92 Å². The van der Waals surface area contributed by atoms with Gasteiger partial charge in [0.05, 0.1) is 12.1 Å². The van der Waals surface area contributed by atoms with Gasteiger partial charge in [-0.2, -0.15) is 0 Å². The molecule has 3 aromatic rings. The van der Waals surface area contributed by atoms with Crippen molar-refractivity contribution in [1.82, 2.24) is 9.47 Å². The number of carbonyl (C=O) groups excluding carboxylic acids is 2. The Labute approximate surface area is 184 Å². The number of fused-ring (bicyclic) bond motifs is 1. The van der Waals surface area contributed by atoms with Crippen molar-refractivity contribution in [3.8, 4) is 0 Å². The van der Waals surface area contributed by atoms with Crippen molar-refractivity contribution in [1.29, 1.82) is 0 Å². The van der Waals surface area contributed by atoms with E-state index in [-0.39, 0.29) is 5.78 Å². The van der Waals surface area contributed by atoms with Crippen LogP contribution in [0.2, 0.25) is 5.02 Å². The van der Waals surface area contributed by atoms with Crippen molar-refractivity contribution < 1.29 is 14.0 Å². The number of ketones is 1. The second-order valence-corrected chi connectivity index (χ2v) is 8.44. The fourth-order valence-electron chi connectivity index (χ4n) is 4.11. The maximum Gasteiger partial charge on any atom is 0.419 e. The van der Waals surface area contributed by atoms with E-state index in [0.29, 0.717) is 46.3 Å². The molecule has 1 aliphatic heterocycles. The fraction of sp³-hybridized carbons (Fsp3) is 0.348. The van der Waals surface area contributed by atoms with Gasteiger partial charge in [-0.15, -0.1) is 0 Å². The third-order valence-corrected chi connectivity index (χ3v) is 6.21. The zero-order valence-electron chi connectivity index (χ0n) is 17.1. The topological polar surface area (TPSA) is 98.5 Å². The maximum absolute atomic E-state index is 12.5. The van der Waals surface area contributed by atoms with Gasteiger partial charge in [-0.05, 0) is 80.7 Å². The second-order valence-electron chi connectivity index (χ2n) is 8.00. The Kier molecular flexibility index (Phi) is 6.25. The van der Waals surface area contributed by atoms with E-state index in [9.17, 15) is 14.4 Å². The van der Waals surface area contributed by atoms with E-state index in [1.54, 1.807) is 41.0 Å². The highest BCUT2D eigenvalue weighted by atomic mass is 35.5. The Hall–Kier alpha value is -2.90. The number of primary amides is 1. The first kappa shape index (κ1) is 21.3. The van der Waals surface area contributed by atoms with Crippen LogP contribution in [0.4, 0.5) is 0 Å². The monoisotopic (exact) mass is 441 g/mol. The Morgan fingerprint density at radius 1 is 1.06 bits per heavy atom. The van der Waals surface area contributed by atoms with Crippen LogP contribution in [-0.4, -0.2) is 40.8 Å². The molecule has 162 valence electrons. The Morgan fingerprint density at radius 3 is 2.42 bits per heavy atom. The summed E-state index contributed by atoms with van der Waals surface area (Å²) in [6.45, 7) is 2.67. The third kappa shape index (κ3) is 4.89. The number of hydrogen-bond acceptors (Lipinski definition) is 5. The summed E-state index contributed by atoms with van der Waals surface area (Å²) in [4.78, 5) is 38.2. The molecule has 0 saturated carbocycles. The van der Waals surface area contributed by atoms with E-state index in [1.807, 2.05) is 0 Å². The standard InChI is InChI=1S/C23H24ClN3O4/c24-18-4-1-16(2-5-18)20(28)14-26-10-7-15(8-11-26)9-12-27-19-6-3-17(22(25)29)13-21(19)31-23(27)30/h1-6,13,15H,7-12,14H2,(H2,25,29). The molecule has 0 aliphatic carbocycles. The van der Waals surface area contributed by atoms with Crippen molar-refractivity contribution in [2.75, 3.05) is 19.6 Å². The van der Waals surface area contributed by atoms with Crippen LogP contribution in [0.5, 0.6) is 0 Å². The van der Waals surface area contributed by atoms with Gasteiger partial charge in [0.15, 0.2) is 11.4 Å². The van der Waals surface area contributed by atoms with E-state index in [2.05, 4.69) is 4.90 Å². The number of piperidine rings is 1. The molecule has 8 heteroatoms. The average molecular weight is 442 g/mol. The van der Waals surface area contributed by atoms with Crippen LogP contribution < -0.4 is 11.5 Å². The number of aromatic nitrogens is 1. The van der Waals surface area contributed by atoms with E-state index in [1.165, 1.54) is 6.07 Å². The SMILES string of the molecule is NC(=O)c1ccc2c(c1)oc(=O)n2CCC1CCN(CC(=O)c2ccc(Cl)cc2)CC1. The first-order chi connectivity index (χ1) is 14.9. The summed E-state index contributed by atoms with van der Waals surface area (Å²) >= 11 is 5.88. The van der Waals surface area contributed by atoms with E-state index < -0.39 is 11.7 Å². The van der Waals surface area contributed by atoms with Crippen molar-refractivity contribution >= 4 is 34.4 Å². The molecule has 0 atom stereocenters. The Bertz CT molecular complexity index is 1160. The van der Waals surface area contributed by atoms with Crippen LogP contribution in [0.25, 0.3) is 11.1 Å². The number of likely N-dealkylation sites (tertiary alicyclic amines) is 1. The molecule has 1 aromatic heterocycles. The lowest BCUT2D eigenvalue weighted by Gasteiger charge is -2.31. The highest BCUT2D eigenvalue weighted by Crippen LogP contribution is 2.23. The molecule has 1 amide bonds. The predicted octanol–water partition coefficient (Wildman–Crippen LogP) is 3.33. The zero-order chi connectivity index (χ0) is 22.0. The smallest absolute Gasteiger partial charge is 0.408 e. The van der Waals surface area contributed by atoms with Gasteiger partial charge in [-0.3, -0.25) is 19.1 Å². The van der Waals surface area contributed by atoms with Gasteiger partial charge in [0, 0.05) is 22.7 Å². The quantitative estimate of drug-likeness (QED) is 0.567. The molecular weight excluding hydrogens is 418 g/mol. The van der Waals surface area contributed by atoms with Crippen molar-refractivity contribution in [3.05, 3.63) is 69.2 Å². The van der Waals surface area contributed by atoms with Crippen LogP contribution >= 0.6 is 11.6 Å². The number of Topliss-reactive ketones (excluding diaryl/α,β-unsaturated/α-hetero) is 1. The maximum atomic E-state index is 12.5. The molecule has 1 saturated heterocycles. The minimum Gasteiger partial charge on any atom is -0.408 e. The zero-order valence-corrected chi connectivity index (χ0v) is 17.8. The van der Waals surface area contributed by atoms with Crippen molar-refractivity contribution in [2.45, 2.75) is 25.8 Å². The first-order valence-electron chi connectivity index (χ1n) is 10.3. The van der Waals surface area contributed by atoms with Crippen molar-refractivity contribution in [2.24, 2.45) is 11.7 Å². The lowest BCUT2D eigenvalue weighted by Crippen LogP contribution is -2.37. The number of hydrogen-bond donors (Lipinski definition) is 1. The predicted molar refractivity (Wildman–Crippen MR) is 119 cm³/mol. The summed E-state index contributed by atoms with van der Waals surface area (Å²) in [7, 11) is 0. The number of aryl methyl sites for hydroxylation is 1. The molecule has 2 heterocycles. The molecule has 0 spiro atoms. The number of nitrogens with zero attached hydrogens (tertiary/aromatic N) is 2. The molecule has 0 bridgehead atoms. The fourth-order valence-corrected chi connectivity index (χ4v) is 4.23. The summed E-state index contributed by atoms with van der Waals surface area (Å²) in [5.74, 6) is -0.410. The number of halogens is 1. The second kappa shape index (κ2) is 9.08. The van der Waals surface area contributed by atoms with E-state index >= 15 is 0 Å². The van der Waals surface area contributed by atoms with Crippen LogP contribution in [0.1, 0.15) is 40.0 Å². The highest BCUT2D eigenvalue weighted by Gasteiger charge is 2.22. The largest absolute Gasteiger partial charge is 0.419 e. The van der Waals surface area contributed by atoms with E-state index in [0.717, 1.165) is 32.4 Å². The van der Waals surface area contributed by atoms with Gasteiger partial charge < -0.3 is 10.2 Å². The summed E-state index contributed by atoms with van der Waals surface area (Å²) in [5, 5.41) is 0.621. The number of benzene rings is 2. The van der Waals surface area contributed by atoms with Crippen LogP contribution in [-0.2, 0) is 6.54 Å². The Morgan fingerprint density at radius 2 is 1.74 bits per heavy atom. The van der Waals surface area contributed by atoms with E-state index in [4.69, 9.17) is 21.8 Å². The number of amides is 1. The lowest BCUT2D eigenvalue weighted by atomic mass is 9.93. The number of rotatable bonds is 7. The van der Waals surface area contributed by atoms with Gasteiger partial charge in [-0.25, -0.2) is 4.79 Å². The lowest BCUT2D eigenvalue weighted by molar-refractivity contribution is 0.0891. The minimum absolute atomic E-state index is 0.0990. The minimum atomic E-state index is -0.557. The molecular formula is C23H24ClN3O4. The summed E-state index contributed by atoms with van der Waals surface area (Å²) < 4.78 is 6.89. The van der Waals surface area contributed by atoms with Gasteiger partial charge >= 0.3 is 5.76 Å². The third-order valence-electron chi connectivity index (χ3n) is 5.95. The summed E-state index contributed by atoms with van der Waals surface area (Å²) in [6.07, 6.45) is 2.81. The molecule has 7 nitrogen and oxygen atoms in total. The molecule has 1 fully saturated rings. The van der Waals surface area contributed by atoms with Crippen molar-refractivity contribution in [3.63, 3.8) is 0 Å². The normalized spacial score (nSPS) is 15.4.